The Morgan fingerprint density at radius 3 is 2.31 bits per heavy atom. The van der Waals surface area contributed by atoms with Crippen LogP contribution in [-0.4, -0.2) is 55.0 Å². The molecule has 154 valence electrons. The summed E-state index contributed by atoms with van der Waals surface area (Å²) in [6, 6.07) is 10.8. The number of hydrogen-bond acceptors (Lipinski definition) is 4. The van der Waals surface area contributed by atoms with Crippen molar-refractivity contribution in [2.24, 2.45) is 0 Å². The Morgan fingerprint density at radius 2 is 1.69 bits per heavy atom. The fourth-order valence-electron chi connectivity index (χ4n) is 3.47. The van der Waals surface area contributed by atoms with E-state index in [-0.39, 0.29) is 22.9 Å². The Bertz CT molecular complexity index is 881. The van der Waals surface area contributed by atoms with Crippen molar-refractivity contribution in [2.45, 2.75) is 12.5 Å². The van der Waals surface area contributed by atoms with Gasteiger partial charge >= 0.3 is 5.97 Å². The van der Waals surface area contributed by atoms with Crippen molar-refractivity contribution in [3.05, 3.63) is 69.5 Å². The summed E-state index contributed by atoms with van der Waals surface area (Å²) in [4.78, 5) is 28.7. The standard InChI is InChI=1S/C21H21Cl2FN2O3/c1-29-21(28)20(14-5-2-3-6-16(14)22)26-11-9-25(10-12-26)19(27)13-15-17(23)7-4-8-18(15)24/h2-8,20H,9-13H2,1H3. The SMILES string of the molecule is COC(=O)C(c1ccccc1Cl)N1CCN(C(=O)Cc2c(F)cccc2Cl)CC1. The Balaban J connectivity index is 1.69. The minimum atomic E-state index is -0.646. The van der Waals surface area contributed by atoms with E-state index in [2.05, 4.69) is 0 Å². The molecule has 29 heavy (non-hydrogen) atoms. The Hall–Kier alpha value is -2.15. The second-order valence-electron chi connectivity index (χ2n) is 6.74. The number of rotatable bonds is 5. The maximum atomic E-state index is 14.0. The predicted octanol–water partition coefficient (Wildman–Crippen LogP) is 3.73. The number of esters is 1. The lowest BCUT2D eigenvalue weighted by Crippen LogP contribution is -2.51. The number of ether oxygens (including phenoxy) is 1. The third-order valence-corrected chi connectivity index (χ3v) is 5.74. The molecule has 1 saturated heterocycles. The minimum absolute atomic E-state index is 0.101. The zero-order valence-corrected chi connectivity index (χ0v) is 17.4. The highest BCUT2D eigenvalue weighted by Crippen LogP contribution is 2.29. The van der Waals surface area contributed by atoms with E-state index < -0.39 is 17.8 Å². The molecule has 1 unspecified atom stereocenters. The minimum Gasteiger partial charge on any atom is -0.468 e. The van der Waals surface area contributed by atoms with Crippen LogP contribution in [0.15, 0.2) is 42.5 Å². The summed E-state index contributed by atoms with van der Waals surface area (Å²) < 4.78 is 19.0. The molecule has 1 atom stereocenters. The maximum absolute atomic E-state index is 14.0. The van der Waals surface area contributed by atoms with Gasteiger partial charge in [0.25, 0.3) is 0 Å². The van der Waals surface area contributed by atoms with Crippen LogP contribution < -0.4 is 0 Å². The van der Waals surface area contributed by atoms with Gasteiger partial charge in [0, 0.05) is 41.8 Å². The fraction of sp³-hybridized carbons (Fsp3) is 0.333. The molecule has 0 N–H and O–H groups in total. The Labute approximate surface area is 178 Å². The van der Waals surface area contributed by atoms with Gasteiger partial charge in [-0.05, 0) is 23.8 Å². The van der Waals surface area contributed by atoms with Crippen LogP contribution in [0, 0.1) is 5.82 Å². The number of carbonyl (C=O) groups excluding carboxylic acids is 2. The van der Waals surface area contributed by atoms with Gasteiger partial charge in [0.1, 0.15) is 11.9 Å². The van der Waals surface area contributed by atoms with Crippen molar-refractivity contribution in [1.29, 1.82) is 0 Å². The van der Waals surface area contributed by atoms with Crippen molar-refractivity contribution in [1.82, 2.24) is 9.80 Å². The van der Waals surface area contributed by atoms with E-state index in [0.717, 1.165) is 0 Å². The molecule has 2 aromatic rings. The van der Waals surface area contributed by atoms with E-state index >= 15 is 0 Å². The van der Waals surface area contributed by atoms with Crippen LogP contribution in [0.4, 0.5) is 4.39 Å². The first-order valence-electron chi connectivity index (χ1n) is 9.19. The molecular weight excluding hydrogens is 418 g/mol. The van der Waals surface area contributed by atoms with Crippen LogP contribution in [0.3, 0.4) is 0 Å². The third-order valence-electron chi connectivity index (χ3n) is 5.05. The first-order chi connectivity index (χ1) is 13.9. The quantitative estimate of drug-likeness (QED) is 0.667. The van der Waals surface area contributed by atoms with Crippen LogP contribution in [0.2, 0.25) is 10.0 Å². The first-order valence-corrected chi connectivity index (χ1v) is 9.95. The van der Waals surface area contributed by atoms with Crippen LogP contribution >= 0.6 is 23.2 Å². The molecule has 1 amide bonds. The lowest BCUT2D eigenvalue weighted by Gasteiger charge is -2.38. The number of hydrogen-bond donors (Lipinski definition) is 0. The summed E-state index contributed by atoms with van der Waals surface area (Å²) in [7, 11) is 1.34. The average molecular weight is 439 g/mol. The van der Waals surface area contributed by atoms with Crippen molar-refractivity contribution >= 4 is 35.1 Å². The predicted molar refractivity (Wildman–Crippen MR) is 109 cm³/mol. The van der Waals surface area contributed by atoms with Gasteiger partial charge in [0.15, 0.2) is 0 Å². The monoisotopic (exact) mass is 438 g/mol. The first kappa shape index (κ1) is 21.6. The molecule has 0 aromatic heterocycles. The molecule has 2 aromatic carbocycles. The van der Waals surface area contributed by atoms with Gasteiger partial charge in [0.05, 0.1) is 13.5 Å². The summed E-state index contributed by atoms with van der Waals surface area (Å²) in [5.41, 5.74) is 0.865. The highest BCUT2D eigenvalue weighted by Gasteiger charge is 2.33. The van der Waals surface area contributed by atoms with Gasteiger partial charge < -0.3 is 9.64 Å². The number of piperazine rings is 1. The number of carbonyl (C=O) groups is 2. The largest absolute Gasteiger partial charge is 0.468 e. The summed E-state index contributed by atoms with van der Waals surface area (Å²) in [6.07, 6.45) is -0.101. The number of amides is 1. The molecule has 0 bridgehead atoms. The third kappa shape index (κ3) is 4.89. The number of benzene rings is 2. The van der Waals surface area contributed by atoms with Crippen molar-refractivity contribution in [3.63, 3.8) is 0 Å². The zero-order valence-electron chi connectivity index (χ0n) is 15.9. The summed E-state index contributed by atoms with van der Waals surface area (Å²) in [6.45, 7) is 1.73. The molecular formula is C21H21Cl2FN2O3. The van der Waals surface area contributed by atoms with Gasteiger partial charge in [-0.15, -0.1) is 0 Å². The molecule has 1 heterocycles. The van der Waals surface area contributed by atoms with E-state index in [1.54, 1.807) is 29.2 Å². The van der Waals surface area contributed by atoms with Gasteiger partial charge in [0.2, 0.25) is 5.91 Å². The van der Waals surface area contributed by atoms with E-state index in [1.807, 2.05) is 11.0 Å². The maximum Gasteiger partial charge on any atom is 0.327 e. The fourth-order valence-corrected chi connectivity index (χ4v) is 3.94. The molecule has 0 radical (unpaired) electrons. The topological polar surface area (TPSA) is 49.9 Å². The van der Waals surface area contributed by atoms with Gasteiger partial charge in [-0.3, -0.25) is 9.69 Å². The number of halogens is 3. The highest BCUT2D eigenvalue weighted by atomic mass is 35.5. The highest BCUT2D eigenvalue weighted by molar-refractivity contribution is 6.31. The second-order valence-corrected chi connectivity index (χ2v) is 7.56. The summed E-state index contributed by atoms with van der Waals surface area (Å²) >= 11 is 12.3. The van der Waals surface area contributed by atoms with Gasteiger partial charge in [-0.1, -0.05) is 47.5 Å². The summed E-state index contributed by atoms with van der Waals surface area (Å²) in [5.74, 6) is -1.10. The smallest absolute Gasteiger partial charge is 0.327 e. The van der Waals surface area contributed by atoms with Crippen molar-refractivity contribution < 1.29 is 18.7 Å². The van der Waals surface area contributed by atoms with Crippen molar-refractivity contribution in [3.8, 4) is 0 Å². The average Bonchev–Trinajstić information content (AvgIpc) is 2.72. The second kappa shape index (κ2) is 9.57. The van der Waals surface area contributed by atoms with Crippen LogP contribution in [0.1, 0.15) is 17.2 Å². The van der Waals surface area contributed by atoms with Crippen LogP contribution in [0.5, 0.6) is 0 Å². The molecule has 0 spiro atoms. The van der Waals surface area contributed by atoms with E-state index in [4.69, 9.17) is 27.9 Å². The lowest BCUT2D eigenvalue weighted by molar-refractivity contribution is -0.148. The molecule has 1 aliphatic heterocycles. The van der Waals surface area contributed by atoms with E-state index in [0.29, 0.717) is 36.8 Å². The van der Waals surface area contributed by atoms with Gasteiger partial charge in [-0.25, -0.2) is 9.18 Å². The van der Waals surface area contributed by atoms with E-state index in [1.165, 1.54) is 19.2 Å². The number of methoxy groups -OCH3 is 1. The Morgan fingerprint density at radius 1 is 1.03 bits per heavy atom. The summed E-state index contributed by atoms with van der Waals surface area (Å²) in [5, 5.41) is 0.720. The van der Waals surface area contributed by atoms with Crippen LogP contribution in [-0.2, 0) is 20.7 Å². The lowest BCUT2D eigenvalue weighted by atomic mass is 10.0. The molecule has 8 heteroatoms. The zero-order chi connectivity index (χ0) is 21.0. The van der Waals surface area contributed by atoms with E-state index in [9.17, 15) is 14.0 Å². The molecule has 3 rings (SSSR count). The Kier molecular flexibility index (Phi) is 7.11. The van der Waals surface area contributed by atoms with Crippen LogP contribution in [0.25, 0.3) is 0 Å². The normalized spacial score (nSPS) is 15.8. The molecule has 1 aliphatic rings. The number of nitrogens with zero attached hydrogens (tertiary/aromatic N) is 2. The molecule has 0 saturated carbocycles. The van der Waals surface area contributed by atoms with Gasteiger partial charge in [-0.2, -0.15) is 0 Å². The molecule has 0 aliphatic carbocycles. The van der Waals surface area contributed by atoms with Crippen molar-refractivity contribution in [2.75, 3.05) is 33.3 Å². The molecule has 1 fully saturated rings. The molecule has 5 nitrogen and oxygen atoms in total.